The first-order valence-corrected chi connectivity index (χ1v) is 7.46. The molecule has 7 heteroatoms. The van der Waals surface area contributed by atoms with E-state index in [2.05, 4.69) is 15.9 Å². The van der Waals surface area contributed by atoms with Crippen LogP contribution in [0.5, 0.6) is 11.5 Å². The molecule has 0 heterocycles. The first-order chi connectivity index (χ1) is 10.8. The van der Waals surface area contributed by atoms with Gasteiger partial charge in [-0.05, 0) is 47.0 Å². The van der Waals surface area contributed by atoms with Crippen molar-refractivity contribution in [3.05, 3.63) is 45.3 Å². The second-order valence-corrected chi connectivity index (χ2v) is 5.89. The van der Waals surface area contributed by atoms with Gasteiger partial charge in [0.2, 0.25) is 0 Å². The SMILES string of the molecule is COC1=CC(O)=CC(=O)C1C(=O)Oc1c(Br)cc(O)c(C)c1C. The van der Waals surface area contributed by atoms with Crippen LogP contribution in [0, 0.1) is 19.8 Å². The predicted molar refractivity (Wildman–Crippen MR) is 85.2 cm³/mol. The van der Waals surface area contributed by atoms with Crippen molar-refractivity contribution in [2.45, 2.75) is 13.8 Å². The van der Waals surface area contributed by atoms with Crippen LogP contribution >= 0.6 is 15.9 Å². The molecule has 0 spiro atoms. The number of allylic oxidation sites excluding steroid dienone is 2. The normalized spacial score (nSPS) is 17.4. The number of hydrogen-bond donors (Lipinski definition) is 2. The Hall–Kier alpha value is -2.28. The molecule has 0 radical (unpaired) electrons. The molecule has 0 amide bonds. The van der Waals surface area contributed by atoms with E-state index < -0.39 is 17.7 Å². The number of phenols is 1. The number of rotatable bonds is 3. The molecule has 6 nitrogen and oxygen atoms in total. The van der Waals surface area contributed by atoms with Crippen molar-refractivity contribution < 1.29 is 29.3 Å². The van der Waals surface area contributed by atoms with Crippen LogP contribution in [-0.2, 0) is 14.3 Å². The van der Waals surface area contributed by atoms with Gasteiger partial charge in [0, 0.05) is 12.2 Å². The van der Waals surface area contributed by atoms with Gasteiger partial charge in [0.05, 0.1) is 11.6 Å². The molecule has 1 atom stereocenters. The van der Waals surface area contributed by atoms with Crippen molar-refractivity contribution in [2.24, 2.45) is 5.92 Å². The molecule has 1 aromatic carbocycles. The zero-order valence-corrected chi connectivity index (χ0v) is 14.3. The van der Waals surface area contributed by atoms with E-state index in [1.807, 2.05) is 0 Å². The number of benzene rings is 1. The number of aliphatic hydroxyl groups excluding tert-OH is 1. The highest BCUT2D eigenvalue weighted by Crippen LogP contribution is 2.37. The number of aromatic hydroxyl groups is 1. The van der Waals surface area contributed by atoms with Gasteiger partial charge in [-0.3, -0.25) is 9.59 Å². The van der Waals surface area contributed by atoms with Gasteiger partial charge in [-0.2, -0.15) is 0 Å². The first-order valence-electron chi connectivity index (χ1n) is 6.66. The molecular formula is C16H15BrO6. The van der Waals surface area contributed by atoms with Gasteiger partial charge in [-0.15, -0.1) is 0 Å². The average molecular weight is 383 g/mol. The molecule has 23 heavy (non-hydrogen) atoms. The molecular weight excluding hydrogens is 368 g/mol. The number of hydrogen-bond acceptors (Lipinski definition) is 6. The summed E-state index contributed by atoms with van der Waals surface area (Å²) in [6.45, 7) is 3.37. The number of aliphatic hydroxyl groups is 1. The maximum Gasteiger partial charge on any atom is 0.330 e. The van der Waals surface area contributed by atoms with Crippen LogP contribution in [0.3, 0.4) is 0 Å². The number of methoxy groups -OCH3 is 1. The molecule has 0 saturated carbocycles. The van der Waals surface area contributed by atoms with Crippen LogP contribution in [0.4, 0.5) is 0 Å². The van der Waals surface area contributed by atoms with Gasteiger partial charge in [0.15, 0.2) is 11.7 Å². The van der Waals surface area contributed by atoms with Crippen LogP contribution < -0.4 is 4.74 Å². The third kappa shape index (κ3) is 3.24. The standard InChI is InChI=1S/C16H15BrO6/c1-7-8(2)15(10(17)6-11(7)19)23-16(21)14-12(20)4-9(18)5-13(14)22-3/h4-6,14,18-19H,1-3H3. The summed E-state index contributed by atoms with van der Waals surface area (Å²) in [5.74, 6) is -2.74. The van der Waals surface area contributed by atoms with E-state index >= 15 is 0 Å². The largest absolute Gasteiger partial charge is 0.508 e. The Kier molecular flexibility index (Phi) is 4.79. The third-order valence-electron chi connectivity index (χ3n) is 3.59. The van der Waals surface area contributed by atoms with Crippen LogP contribution in [0.2, 0.25) is 0 Å². The first kappa shape index (κ1) is 17.1. The summed E-state index contributed by atoms with van der Waals surface area (Å²) in [7, 11) is 1.30. The molecule has 1 aliphatic carbocycles. The summed E-state index contributed by atoms with van der Waals surface area (Å²) in [6, 6.07) is 1.41. The fourth-order valence-electron chi connectivity index (χ4n) is 2.17. The number of esters is 1. The molecule has 1 aromatic rings. The summed E-state index contributed by atoms with van der Waals surface area (Å²) in [6.07, 6.45) is 2.13. The van der Waals surface area contributed by atoms with Crippen molar-refractivity contribution in [1.29, 1.82) is 0 Å². The number of ketones is 1. The maximum atomic E-state index is 12.4. The minimum Gasteiger partial charge on any atom is -0.508 e. The summed E-state index contributed by atoms with van der Waals surface area (Å²) < 4.78 is 10.7. The molecule has 0 fully saturated rings. The van der Waals surface area contributed by atoms with Crippen molar-refractivity contribution in [3.63, 3.8) is 0 Å². The zero-order chi connectivity index (χ0) is 17.3. The number of carbonyl (C=O) groups is 2. The number of ether oxygens (including phenoxy) is 2. The summed E-state index contributed by atoms with van der Waals surface area (Å²) >= 11 is 3.22. The van der Waals surface area contributed by atoms with Gasteiger partial charge in [-0.1, -0.05) is 0 Å². The van der Waals surface area contributed by atoms with Gasteiger partial charge >= 0.3 is 5.97 Å². The topological polar surface area (TPSA) is 93.1 Å². The Balaban J connectivity index is 2.35. The number of halogens is 1. The Bertz CT molecular complexity index is 747. The maximum absolute atomic E-state index is 12.4. The van der Waals surface area contributed by atoms with E-state index in [0.29, 0.717) is 15.6 Å². The molecule has 1 unspecified atom stereocenters. The van der Waals surface area contributed by atoms with Gasteiger partial charge < -0.3 is 19.7 Å². The van der Waals surface area contributed by atoms with Crippen molar-refractivity contribution in [1.82, 2.24) is 0 Å². The van der Waals surface area contributed by atoms with Crippen LogP contribution in [0.25, 0.3) is 0 Å². The van der Waals surface area contributed by atoms with Crippen molar-refractivity contribution in [3.8, 4) is 11.5 Å². The van der Waals surface area contributed by atoms with Crippen molar-refractivity contribution in [2.75, 3.05) is 7.11 Å². The molecule has 0 aliphatic heterocycles. The molecule has 122 valence electrons. The molecule has 1 aliphatic rings. The highest BCUT2D eigenvalue weighted by atomic mass is 79.9. The second kappa shape index (κ2) is 6.45. The lowest BCUT2D eigenvalue weighted by Gasteiger charge is -2.20. The number of phenolic OH excluding ortho intramolecular Hbond substituents is 1. The van der Waals surface area contributed by atoms with E-state index in [0.717, 1.165) is 6.08 Å². The molecule has 0 saturated heterocycles. The van der Waals surface area contributed by atoms with Crippen molar-refractivity contribution >= 4 is 27.7 Å². The van der Waals surface area contributed by atoms with E-state index in [1.165, 1.54) is 19.3 Å². The van der Waals surface area contributed by atoms with Gasteiger partial charge in [-0.25, -0.2) is 0 Å². The lowest BCUT2D eigenvalue weighted by molar-refractivity contribution is -0.142. The van der Waals surface area contributed by atoms with Crippen LogP contribution in [0.15, 0.2) is 34.2 Å². The molecule has 2 rings (SSSR count). The lowest BCUT2D eigenvalue weighted by atomic mass is 9.96. The Morgan fingerprint density at radius 3 is 2.48 bits per heavy atom. The predicted octanol–water partition coefficient (Wildman–Crippen LogP) is 2.85. The van der Waals surface area contributed by atoms with E-state index in [4.69, 9.17) is 9.47 Å². The van der Waals surface area contributed by atoms with E-state index in [-0.39, 0.29) is 23.0 Å². The van der Waals surface area contributed by atoms with E-state index in [9.17, 15) is 19.8 Å². The third-order valence-corrected chi connectivity index (χ3v) is 4.18. The fraction of sp³-hybridized carbons (Fsp3) is 0.250. The minimum atomic E-state index is -1.28. The molecule has 0 aromatic heterocycles. The number of carbonyl (C=O) groups excluding carboxylic acids is 2. The fourth-order valence-corrected chi connectivity index (χ4v) is 2.76. The summed E-state index contributed by atoms with van der Waals surface area (Å²) in [5, 5.41) is 19.2. The molecule has 2 N–H and O–H groups in total. The Morgan fingerprint density at radius 2 is 1.87 bits per heavy atom. The highest BCUT2D eigenvalue weighted by molar-refractivity contribution is 9.10. The minimum absolute atomic E-state index is 0.00396. The average Bonchev–Trinajstić information content (AvgIpc) is 2.48. The van der Waals surface area contributed by atoms with Crippen LogP contribution in [0.1, 0.15) is 11.1 Å². The zero-order valence-electron chi connectivity index (χ0n) is 12.7. The van der Waals surface area contributed by atoms with E-state index in [1.54, 1.807) is 13.8 Å². The summed E-state index contributed by atoms with van der Waals surface area (Å²) in [4.78, 5) is 24.4. The van der Waals surface area contributed by atoms with Gasteiger partial charge in [0.1, 0.15) is 23.0 Å². The summed E-state index contributed by atoms with van der Waals surface area (Å²) in [5.41, 5.74) is 1.13. The highest BCUT2D eigenvalue weighted by Gasteiger charge is 2.36. The monoisotopic (exact) mass is 382 g/mol. The molecule has 0 bridgehead atoms. The lowest BCUT2D eigenvalue weighted by Crippen LogP contribution is -2.32. The quantitative estimate of drug-likeness (QED) is 0.474. The Labute approximate surface area is 141 Å². The Morgan fingerprint density at radius 1 is 1.22 bits per heavy atom. The van der Waals surface area contributed by atoms with Gasteiger partial charge in [0.25, 0.3) is 0 Å². The second-order valence-electron chi connectivity index (χ2n) is 5.03. The smallest absolute Gasteiger partial charge is 0.330 e. The van der Waals surface area contributed by atoms with Crippen LogP contribution in [-0.4, -0.2) is 29.1 Å².